The fraction of sp³-hybridized carbons (Fsp3) is 0.0714. The highest BCUT2D eigenvalue weighted by Gasteiger charge is 2.13. The Balaban J connectivity index is 2.28. The number of anilines is 1. The average Bonchev–Trinajstić information content (AvgIpc) is 2.34. The molecule has 0 saturated heterocycles. The molecule has 0 aromatic heterocycles. The maximum absolute atomic E-state index is 13.4. The lowest BCUT2D eigenvalue weighted by Gasteiger charge is -2.09. The monoisotopic (exact) mass is 263 g/mol. The van der Waals surface area contributed by atoms with Crippen molar-refractivity contribution in [3.8, 4) is 5.75 Å². The summed E-state index contributed by atoms with van der Waals surface area (Å²) >= 11 is 0. The Bertz CT molecular complexity index is 641. The van der Waals surface area contributed by atoms with E-state index in [2.05, 4.69) is 5.32 Å². The van der Waals surface area contributed by atoms with Crippen molar-refractivity contribution in [1.82, 2.24) is 0 Å². The summed E-state index contributed by atoms with van der Waals surface area (Å²) in [4.78, 5) is 11.9. The van der Waals surface area contributed by atoms with Crippen LogP contribution in [0.2, 0.25) is 0 Å². The van der Waals surface area contributed by atoms with Crippen molar-refractivity contribution in [2.24, 2.45) is 0 Å². The number of rotatable bonds is 2. The van der Waals surface area contributed by atoms with Crippen LogP contribution in [-0.2, 0) is 0 Å². The largest absolute Gasteiger partial charge is 0.508 e. The molecule has 0 radical (unpaired) electrons. The van der Waals surface area contributed by atoms with Crippen LogP contribution in [0.25, 0.3) is 0 Å². The summed E-state index contributed by atoms with van der Waals surface area (Å²) in [6.07, 6.45) is 0. The van der Waals surface area contributed by atoms with Crippen molar-refractivity contribution in [3.63, 3.8) is 0 Å². The Morgan fingerprint density at radius 1 is 1.21 bits per heavy atom. The molecule has 0 aliphatic carbocycles. The third kappa shape index (κ3) is 2.70. The number of hydrogen-bond donors (Lipinski definition) is 2. The first-order valence-corrected chi connectivity index (χ1v) is 5.54. The van der Waals surface area contributed by atoms with Crippen molar-refractivity contribution in [2.75, 3.05) is 5.32 Å². The van der Waals surface area contributed by atoms with Gasteiger partial charge >= 0.3 is 0 Å². The van der Waals surface area contributed by atoms with Crippen LogP contribution in [-0.4, -0.2) is 11.0 Å². The Morgan fingerprint density at radius 2 is 1.95 bits per heavy atom. The molecule has 2 aromatic rings. The summed E-state index contributed by atoms with van der Waals surface area (Å²) in [6.45, 7) is 1.64. The molecule has 0 spiro atoms. The van der Waals surface area contributed by atoms with Gasteiger partial charge in [-0.15, -0.1) is 0 Å². The number of nitrogens with one attached hydrogen (secondary N) is 1. The van der Waals surface area contributed by atoms with Crippen LogP contribution in [0.3, 0.4) is 0 Å². The van der Waals surface area contributed by atoms with Gasteiger partial charge in [-0.2, -0.15) is 0 Å². The molecule has 0 fully saturated rings. The second-order valence-electron chi connectivity index (χ2n) is 4.05. The topological polar surface area (TPSA) is 49.3 Å². The predicted octanol–water partition coefficient (Wildman–Crippen LogP) is 3.23. The molecular formula is C14H11F2NO2. The van der Waals surface area contributed by atoms with Gasteiger partial charge in [-0.3, -0.25) is 4.79 Å². The van der Waals surface area contributed by atoms with Crippen molar-refractivity contribution < 1.29 is 18.7 Å². The lowest BCUT2D eigenvalue weighted by Crippen LogP contribution is -2.14. The van der Waals surface area contributed by atoms with E-state index in [0.717, 1.165) is 6.07 Å². The molecular weight excluding hydrogens is 252 g/mol. The Morgan fingerprint density at radius 3 is 2.63 bits per heavy atom. The maximum atomic E-state index is 13.4. The Labute approximate surface area is 108 Å². The summed E-state index contributed by atoms with van der Waals surface area (Å²) in [6, 6.07) is 7.72. The molecule has 3 nitrogen and oxygen atoms in total. The standard InChI is InChI=1S/C14H11F2NO2/c1-8-7-9(18)5-6-10(8)14(19)17-12-4-2-3-11(15)13(12)16/h2-7,18H,1H3,(H,17,19). The molecule has 0 bridgehead atoms. The molecule has 0 aliphatic rings. The van der Waals surface area contributed by atoms with Crippen molar-refractivity contribution in [1.29, 1.82) is 0 Å². The normalized spacial score (nSPS) is 10.3. The van der Waals surface area contributed by atoms with E-state index in [0.29, 0.717) is 5.56 Å². The number of amides is 1. The van der Waals surface area contributed by atoms with Crippen molar-refractivity contribution in [3.05, 3.63) is 59.2 Å². The molecule has 98 valence electrons. The number of aryl methyl sites for hydroxylation is 1. The van der Waals surface area contributed by atoms with Crippen molar-refractivity contribution in [2.45, 2.75) is 6.92 Å². The number of carbonyl (C=O) groups excluding carboxylic acids is 1. The fourth-order valence-electron chi connectivity index (χ4n) is 1.69. The van der Waals surface area contributed by atoms with E-state index in [1.165, 1.54) is 30.3 Å². The zero-order valence-electron chi connectivity index (χ0n) is 10.1. The van der Waals surface area contributed by atoms with E-state index in [1.807, 2.05) is 0 Å². The molecule has 2 N–H and O–H groups in total. The Hall–Kier alpha value is -2.43. The minimum absolute atomic E-state index is 0.0333. The lowest BCUT2D eigenvalue weighted by atomic mass is 10.1. The highest BCUT2D eigenvalue weighted by molar-refractivity contribution is 6.05. The van der Waals surface area contributed by atoms with Crippen LogP contribution >= 0.6 is 0 Å². The van der Waals surface area contributed by atoms with Crippen LogP contribution in [0.4, 0.5) is 14.5 Å². The molecule has 0 aliphatic heterocycles. The van der Waals surface area contributed by atoms with Gasteiger partial charge in [-0.1, -0.05) is 6.07 Å². The number of halogens is 2. The molecule has 2 aromatic carbocycles. The first kappa shape index (κ1) is 13.0. The first-order valence-electron chi connectivity index (χ1n) is 5.54. The third-order valence-electron chi connectivity index (χ3n) is 2.65. The average molecular weight is 263 g/mol. The van der Waals surface area contributed by atoms with Gasteiger partial charge in [0.25, 0.3) is 5.91 Å². The van der Waals surface area contributed by atoms with E-state index in [1.54, 1.807) is 6.92 Å². The summed E-state index contributed by atoms with van der Waals surface area (Å²) in [7, 11) is 0. The number of benzene rings is 2. The molecule has 5 heteroatoms. The second-order valence-corrected chi connectivity index (χ2v) is 4.05. The molecule has 0 saturated carbocycles. The molecule has 0 atom stereocenters. The van der Waals surface area contributed by atoms with Crippen molar-refractivity contribution >= 4 is 11.6 Å². The number of aromatic hydroxyl groups is 1. The van der Waals surface area contributed by atoms with E-state index < -0.39 is 17.5 Å². The van der Waals surface area contributed by atoms with Crippen LogP contribution in [0.5, 0.6) is 5.75 Å². The van der Waals surface area contributed by atoms with Gasteiger partial charge in [-0.05, 0) is 42.8 Å². The smallest absolute Gasteiger partial charge is 0.256 e. The summed E-state index contributed by atoms with van der Waals surface area (Å²) in [5.74, 6) is -2.67. The zero-order valence-corrected chi connectivity index (χ0v) is 10.1. The molecule has 2 rings (SSSR count). The zero-order chi connectivity index (χ0) is 14.0. The van der Waals surface area contributed by atoms with E-state index in [9.17, 15) is 18.7 Å². The van der Waals surface area contributed by atoms with E-state index in [4.69, 9.17) is 0 Å². The SMILES string of the molecule is Cc1cc(O)ccc1C(=O)Nc1cccc(F)c1F. The van der Waals surface area contributed by atoms with Gasteiger partial charge in [0.15, 0.2) is 11.6 Å². The number of carbonyl (C=O) groups is 1. The quantitative estimate of drug-likeness (QED) is 0.873. The van der Waals surface area contributed by atoms with Gasteiger partial charge in [0.05, 0.1) is 5.69 Å². The van der Waals surface area contributed by atoms with Gasteiger partial charge in [0, 0.05) is 5.56 Å². The Kier molecular flexibility index (Phi) is 3.46. The summed E-state index contributed by atoms with van der Waals surface area (Å²) in [5.41, 5.74) is 0.591. The van der Waals surface area contributed by atoms with Crippen LogP contribution < -0.4 is 5.32 Å². The third-order valence-corrected chi connectivity index (χ3v) is 2.65. The van der Waals surface area contributed by atoms with Crippen LogP contribution in [0, 0.1) is 18.6 Å². The lowest BCUT2D eigenvalue weighted by molar-refractivity contribution is 0.102. The summed E-state index contributed by atoms with van der Waals surface area (Å²) in [5, 5.41) is 11.5. The van der Waals surface area contributed by atoms with Gasteiger partial charge in [0.2, 0.25) is 0 Å². The van der Waals surface area contributed by atoms with Crippen LogP contribution in [0.15, 0.2) is 36.4 Å². The number of hydrogen-bond acceptors (Lipinski definition) is 2. The molecule has 0 heterocycles. The maximum Gasteiger partial charge on any atom is 0.256 e. The number of phenols is 1. The van der Waals surface area contributed by atoms with E-state index in [-0.39, 0.29) is 17.0 Å². The minimum Gasteiger partial charge on any atom is -0.508 e. The van der Waals surface area contributed by atoms with Gasteiger partial charge in [0.1, 0.15) is 5.75 Å². The predicted molar refractivity (Wildman–Crippen MR) is 67.2 cm³/mol. The van der Waals surface area contributed by atoms with Gasteiger partial charge in [-0.25, -0.2) is 8.78 Å². The molecule has 0 unspecified atom stereocenters. The first-order chi connectivity index (χ1) is 8.99. The summed E-state index contributed by atoms with van der Waals surface area (Å²) < 4.78 is 26.4. The van der Waals surface area contributed by atoms with Gasteiger partial charge < -0.3 is 10.4 Å². The number of phenolic OH excluding ortho intramolecular Hbond substituents is 1. The highest BCUT2D eigenvalue weighted by atomic mass is 19.2. The second kappa shape index (κ2) is 5.06. The van der Waals surface area contributed by atoms with Crippen LogP contribution in [0.1, 0.15) is 15.9 Å². The minimum atomic E-state index is -1.10. The molecule has 19 heavy (non-hydrogen) atoms. The van der Waals surface area contributed by atoms with E-state index >= 15 is 0 Å². The fourth-order valence-corrected chi connectivity index (χ4v) is 1.69. The highest BCUT2D eigenvalue weighted by Crippen LogP contribution is 2.20. The molecule has 1 amide bonds.